The highest BCUT2D eigenvalue weighted by Gasteiger charge is 2.42. The highest BCUT2D eigenvalue weighted by atomic mass is 19.4. The molecule has 1 fully saturated rings. The quantitative estimate of drug-likeness (QED) is 0.898. The summed E-state index contributed by atoms with van der Waals surface area (Å²) < 4.78 is 39.9. The zero-order valence-corrected chi connectivity index (χ0v) is 12.3. The van der Waals surface area contributed by atoms with Gasteiger partial charge in [0.05, 0.1) is 12.1 Å². The van der Waals surface area contributed by atoms with Crippen LogP contribution in [0.15, 0.2) is 12.4 Å². The van der Waals surface area contributed by atoms with Crippen molar-refractivity contribution in [3.63, 3.8) is 0 Å². The SMILES string of the molecule is Cn1cc([C@](C)(O)CN[C@H]2CCC[C@H](C(F)(F)F)C2)cn1. The first-order valence-corrected chi connectivity index (χ1v) is 7.20. The number of aryl methyl sites for hydroxylation is 1. The van der Waals surface area contributed by atoms with Crippen LogP contribution in [0.2, 0.25) is 0 Å². The molecule has 1 aliphatic carbocycles. The molecular formula is C14H22F3N3O. The van der Waals surface area contributed by atoms with Crippen LogP contribution in [-0.4, -0.2) is 33.6 Å². The van der Waals surface area contributed by atoms with E-state index in [1.54, 1.807) is 31.0 Å². The molecule has 0 aromatic carbocycles. The van der Waals surface area contributed by atoms with Gasteiger partial charge >= 0.3 is 6.18 Å². The van der Waals surface area contributed by atoms with Crippen LogP contribution in [0.4, 0.5) is 13.2 Å². The molecule has 1 aromatic heterocycles. The Morgan fingerprint density at radius 3 is 2.71 bits per heavy atom. The predicted octanol–water partition coefficient (Wildman–Crippen LogP) is 2.34. The third kappa shape index (κ3) is 4.20. The molecule has 0 saturated heterocycles. The molecule has 1 aromatic rings. The Balaban J connectivity index is 1.90. The predicted molar refractivity (Wildman–Crippen MR) is 72.6 cm³/mol. The van der Waals surface area contributed by atoms with Crippen LogP contribution in [0.5, 0.6) is 0 Å². The summed E-state index contributed by atoms with van der Waals surface area (Å²) in [7, 11) is 1.75. The number of alkyl halides is 3. The summed E-state index contributed by atoms with van der Waals surface area (Å²) in [6, 6.07) is -0.200. The molecule has 2 N–H and O–H groups in total. The fourth-order valence-electron chi connectivity index (χ4n) is 2.82. The Morgan fingerprint density at radius 2 is 2.14 bits per heavy atom. The number of aromatic nitrogens is 2. The molecule has 0 unspecified atom stereocenters. The fraction of sp³-hybridized carbons (Fsp3) is 0.786. The van der Waals surface area contributed by atoms with Crippen LogP contribution in [-0.2, 0) is 12.6 Å². The van der Waals surface area contributed by atoms with Crippen LogP contribution >= 0.6 is 0 Å². The molecule has 3 atom stereocenters. The molecule has 4 nitrogen and oxygen atoms in total. The van der Waals surface area contributed by atoms with Crippen molar-refractivity contribution in [2.75, 3.05) is 6.54 Å². The smallest absolute Gasteiger partial charge is 0.384 e. The summed E-state index contributed by atoms with van der Waals surface area (Å²) in [5.41, 5.74) is -0.486. The van der Waals surface area contributed by atoms with Crippen LogP contribution in [0.1, 0.15) is 38.2 Å². The first-order valence-electron chi connectivity index (χ1n) is 7.20. The van der Waals surface area contributed by atoms with E-state index in [4.69, 9.17) is 0 Å². The van der Waals surface area contributed by atoms with Gasteiger partial charge in [0.15, 0.2) is 0 Å². The van der Waals surface area contributed by atoms with Crippen molar-refractivity contribution in [3.05, 3.63) is 18.0 Å². The van der Waals surface area contributed by atoms with E-state index in [9.17, 15) is 18.3 Å². The van der Waals surface area contributed by atoms with E-state index in [0.717, 1.165) is 6.42 Å². The molecule has 0 spiro atoms. The standard InChI is InChI=1S/C14H22F3N3O/c1-13(21,11-7-19-20(2)8-11)9-18-12-5-3-4-10(6-12)14(15,16)17/h7-8,10,12,18,21H,3-6,9H2,1-2H3/t10-,12-,13+/m0/s1. The Morgan fingerprint density at radius 1 is 1.43 bits per heavy atom. The average molecular weight is 305 g/mol. The minimum atomic E-state index is -4.12. The summed E-state index contributed by atoms with van der Waals surface area (Å²) in [5.74, 6) is -1.23. The Hall–Kier alpha value is -1.08. The maximum atomic E-state index is 12.8. The number of nitrogens with one attached hydrogen (secondary N) is 1. The number of rotatable bonds is 4. The molecule has 0 radical (unpaired) electrons. The molecule has 7 heteroatoms. The lowest BCUT2D eigenvalue weighted by Crippen LogP contribution is -2.44. The molecule has 0 aliphatic heterocycles. The zero-order valence-electron chi connectivity index (χ0n) is 12.3. The van der Waals surface area contributed by atoms with Gasteiger partial charge in [0.25, 0.3) is 0 Å². The van der Waals surface area contributed by atoms with Gasteiger partial charge in [-0.15, -0.1) is 0 Å². The third-order valence-corrected chi connectivity index (χ3v) is 4.20. The normalized spacial score (nSPS) is 26.6. The van der Waals surface area contributed by atoms with Crippen molar-refractivity contribution in [1.29, 1.82) is 0 Å². The topological polar surface area (TPSA) is 50.1 Å². The molecular weight excluding hydrogens is 283 g/mol. The average Bonchev–Trinajstić information content (AvgIpc) is 2.83. The maximum absolute atomic E-state index is 12.8. The minimum Gasteiger partial charge on any atom is -0.384 e. The summed E-state index contributed by atoms with van der Waals surface area (Å²) in [5, 5.41) is 17.5. The van der Waals surface area contributed by atoms with Gasteiger partial charge in [0.2, 0.25) is 0 Å². The Bertz CT molecular complexity index is 470. The monoisotopic (exact) mass is 305 g/mol. The molecule has 0 amide bonds. The molecule has 1 aliphatic rings. The van der Waals surface area contributed by atoms with E-state index < -0.39 is 17.7 Å². The van der Waals surface area contributed by atoms with E-state index in [1.165, 1.54) is 0 Å². The summed E-state index contributed by atoms with van der Waals surface area (Å²) in [6.07, 6.45) is 0.744. The van der Waals surface area contributed by atoms with Gasteiger partial charge in [0.1, 0.15) is 5.60 Å². The van der Waals surface area contributed by atoms with Gasteiger partial charge in [-0.2, -0.15) is 18.3 Å². The molecule has 120 valence electrons. The number of nitrogens with zero attached hydrogens (tertiary/aromatic N) is 2. The second-order valence-corrected chi connectivity index (χ2v) is 6.16. The lowest BCUT2D eigenvalue weighted by atomic mass is 9.85. The van der Waals surface area contributed by atoms with Gasteiger partial charge in [-0.1, -0.05) is 6.42 Å². The zero-order chi connectivity index (χ0) is 15.7. The summed E-state index contributed by atoms with van der Waals surface area (Å²) in [4.78, 5) is 0. The first kappa shape index (κ1) is 16.3. The van der Waals surface area contributed by atoms with Crippen LogP contribution in [0.25, 0.3) is 0 Å². The summed E-state index contributed by atoms with van der Waals surface area (Å²) in [6.45, 7) is 1.86. The van der Waals surface area contributed by atoms with Crippen molar-refractivity contribution in [2.45, 2.75) is 50.4 Å². The van der Waals surface area contributed by atoms with Crippen molar-refractivity contribution >= 4 is 0 Å². The number of halogens is 3. The van der Waals surface area contributed by atoms with Crippen LogP contribution in [0.3, 0.4) is 0 Å². The lowest BCUT2D eigenvalue weighted by molar-refractivity contribution is -0.183. The molecule has 2 rings (SSSR count). The maximum Gasteiger partial charge on any atom is 0.391 e. The highest BCUT2D eigenvalue weighted by Crippen LogP contribution is 2.37. The molecule has 21 heavy (non-hydrogen) atoms. The van der Waals surface area contributed by atoms with Crippen molar-refractivity contribution < 1.29 is 18.3 Å². The minimum absolute atomic E-state index is 0.0899. The fourth-order valence-corrected chi connectivity index (χ4v) is 2.82. The van der Waals surface area contributed by atoms with Gasteiger partial charge in [-0.05, 0) is 26.2 Å². The van der Waals surface area contributed by atoms with Crippen molar-refractivity contribution in [2.24, 2.45) is 13.0 Å². The molecule has 1 heterocycles. The van der Waals surface area contributed by atoms with E-state index in [-0.39, 0.29) is 25.4 Å². The van der Waals surface area contributed by atoms with Crippen molar-refractivity contribution in [3.8, 4) is 0 Å². The van der Waals surface area contributed by atoms with E-state index in [2.05, 4.69) is 10.4 Å². The first-order chi connectivity index (χ1) is 9.68. The molecule has 1 saturated carbocycles. The van der Waals surface area contributed by atoms with E-state index in [0.29, 0.717) is 12.0 Å². The van der Waals surface area contributed by atoms with Crippen LogP contribution in [0, 0.1) is 5.92 Å². The lowest BCUT2D eigenvalue weighted by Gasteiger charge is -2.33. The second kappa shape index (κ2) is 5.96. The third-order valence-electron chi connectivity index (χ3n) is 4.20. The van der Waals surface area contributed by atoms with Crippen LogP contribution < -0.4 is 5.32 Å². The van der Waals surface area contributed by atoms with Gasteiger partial charge in [-0.25, -0.2) is 0 Å². The van der Waals surface area contributed by atoms with Gasteiger partial charge in [0, 0.05) is 31.4 Å². The number of hydrogen-bond donors (Lipinski definition) is 2. The summed E-state index contributed by atoms with van der Waals surface area (Å²) >= 11 is 0. The van der Waals surface area contributed by atoms with Crippen molar-refractivity contribution in [1.82, 2.24) is 15.1 Å². The largest absolute Gasteiger partial charge is 0.391 e. The van der Waals surface area contributed by atoms with Gasteiger partial charge in [-0.3, -0.25) is 4.68 Å². The Labute approximate surface area is 122 Å². The number of hydrogen-bond acceptors (Lipinski definition) is 3. The highest BCUT2D eigenvalue weighted by molar-refractivity contribution is 5.14. The van der Waals surface area contributed by atoms with E-state index >= 15 is 0 Å². The number of aliphatic hydroxyl groups is 1. The Kier molecular flexibility index (Phi) is 4.63. The van der Waals surface area contributed by atoms with E-state index in [1.807, 2.05) is 0 Å². The molecule has 0 bridgehead atoms. The second-order valence-electron chi connectivity index (χ2n) is 6.16. The van der Waals surface area contributed by atoms with Gasteiger partial charge < -0.3 is 10.4 Å².